The van der Waals surface area contributed by atoms with Gasteiger partial charge in [0.25, 0.3) is 5.91 Å². The molecule has 136 valence electrons. The van der Waals surface area contributed by atoms with Crippen LogP contribution in [0, 0.1) is 0 Å². The van der Waals surface area contributed by atoms with Gasteiger partial charge in [-0.3, -0.25) is 9.59 Å². The highest BCUT2D eigenvalue weighted by atomic mass is 35.5. The summed E-state index contributed by atoms with van der Waals surface area (Å²) < 4.78 is 5.29. The summed E-state index contributed by atoms with van der Waals surface area (Å²) in [5, 5.41) is 0.820. The van der Waals surface area contributed by atoms with Crippen LogP contribution in [0.4, 0.5) is 0 Å². The van der Waals surface area contributed by atoms with Gasteiger partial charge in [0.05, 0.1) is 16.1 Å². The molecule has 2 aliphatic rings. The molecule has 0 aromatic heterocycles. The summed E-state index contributed by atoms with van der Waals surface area (Å²) in [5.41, 5.74) is 5.85. The number of benzene rings is 1. The summed E-state index contributed by atoms with van der Waals surface area (Å²) in [6.07, 6.45) is 1.07. The minimum atomic E-state index is -0.843. The number of piperazine rings is 1. The molecule has 2 heterocycles. The van der Waals surface area contributed by atoms with Gasteiger partial charge in [0.15, 0.2) is 0 Å². The van der Waals surface area contributed by atoms with E-state index in [-0.39, 0.29) is 11.8 Å². The van der Waals surface area contributed by atoms with Crippen molar-refractivity contribution in [1.29, 1.82) is 0 Å². The molecule has 3 rings (SSSR count). The normalized spacial score (nSPS) is 20.4. The zero-order valence-corrected chi connectivity index (χ0v) is 15.4. The Morgan fingerprint density at radius 2 is 1.64 bits per heavy atom. The smallest absolute Gasteiger partial charge is 0.255 e. The molecule has 0 aliphatic carbocycles. The van der Waals surface area contributed by atoms with Crippen LogP contribution in [0.1, 0.15) is 23.2 Å². The Kier molecular flexibility index (Phi) is 5.53. The molecule has 1 aromatic rings. The van der Waals surface area contributed by atoms with E-state index in [0.29, 0.717) is 67.8 Å². The first-order valence-electron chi connectivity index (χ1n) is 8.31. The molecule has 2 saturated heterocycles. The lowest BCUT2D eigenvalue weighted by atomic mass is 9.89. The first kappa shape index (κ1) is 18.5. The van der Waals surface area contributed by atoms with Crippen molar-refractivity contribution in [3.05, 3.63) is 33.8 Å². The van der Waals surface area contributed by atoms with Crippen LogP contribution in [0.25, 0.3) is 0 Å². The lowest BCUT2D eigenvalue weighted by Crippen LogP contribution is -2.61. The predicted molar refractivity (Wildman–Crippen MR) is 95.9 cm³/mol. The van der Waals surface area contributed by atoms with Crippen molar-refractivity contribution < 1.29 is 14.3 Å². The van der Waals surface area contributed by atoms with Gasteiger partial charge >= 0.3 is 0 Å². The van der Waals surface area contributed by atoms with Gasteiger partial charge in [-0.25, -0.2) is 0 Å². The zero-order valence-electron chi connectivity index (χ0n) is 13.8. The van der Waals surface area contributed by atoms with Gasteiger partial charge in [0, 0.05) is 44.4 Å². The van der Waals surface area contributed by atoms with Crippen molar-refractivity contribution in [2.75, 3.05) is 39.4 Å². The van der Waals surface area contributed by atoms with E-state index < -0.39 is 5.54 Å². The molecule has 0 unspecified atom stereocenters. The lowest BCUT2D eigenvalue weighted by molar-refractivity contribution is -0.142. The number of hydrogen-bond acceptors (Lipinski definition) is 4. The summed E-state index contributed by atoms with van der Waals surface area (Å²) in [6, 6.07) is 4.82. The SMILES string of the molecule is NC1(C(=O)N2CCN(C(=O)c3ccc(Cl)cc3Cl)CC2)CCOCC1. The fourth-order valence-corrected chi connectivity index (χ4v) is 3.70. The van der Waals surface area contributed by atoms with E-state index in [0.717, 1.165) is 0 Å². The minimum absolute atomic E-state index is 0.0487. The van der Waals surface area contributed by atoms with Crippen LogP contribution in [0.3, 0.4) is 0 Å². The fraction of sp³-hybridized carbons (Fsp3) is 0.529. The number of nitrogens with zero attached hydrogens (tertiary/aromatic N) is 2. The largest absolute Gasteiger partial charge is 0.381 e. The quantitative estimate of drug-likeness (QED) is 0.841. The van der Waals surface area contributed by atoms with E-state index in [4.69, 9.17) is 33.7 Å². The number of hydrogen-bond donors (Lipinski definition) is 1. The summed E-state index contributed by atoms with van der Waals surface area (Å²) in [5.74, 6) is -0.199. The number of carbonyl (C=O) groups is 2. The van der Waals surface area contributed by atoms with Crippen molar-refractivity contribution in [3.63, 3.8) is 0 Å². The third kappa shape index (κ3) is 3.92. The van der Waals surface area contributed by atoms with Crippen LogP contribution in [0.2, 0.25) is 10.0 Å². The molecule has 2 aliphatic heterocycles. The number of nitrogens with two attached hydrogens (primary N) is 1. The Labute approximate surface area is 156 Å². The van der Waals surface area contributed by atoms with Gasteiger partial charge in [-0.1, -0.05) is 23.2 Å². The predicted octanol–water partition coefficient (Wildman–Crippen LogP) is 1.79. The molecule has 25 heavy (non-hydrogen) atoms. The van der Waals surface area contributed by atoms with Crippen LogP contribution in [-0.4, -0.2) is 66.5 Å². The van der Waals surface area contributed by atoms with Gasteiger partial charge in [0.2, 0.25) is 5.91 Å². The maximum absolute atomic E-state index is 12.7. The second kappa shape index (κ2) is 7.50. The molecule has 0 saturated carbocycles. The summed E-state index contributed by atoms with van der Waals surface area (Å²) in [7, 11) is 0. The van der Waals surface area contributed by atoms with Gasteiger partial charge in [-0.15, -0.1) is 0 Å². The molecule has 0 spiro atoms. The molecule has 0 bridgehead atoms. The number of ether oxygens (including phenoxy) is 1. The molecule has 0 atom stereocenters. The van der Waals surface area contributed by atoms with Crippen molar-refractivity contribution in [2.45, 2.75) is 18.4 Å². The molecule has 2 amide bonds. The highest BCUT2D eigenvalue weighted by molar-refractivity contribution is 6.36. The van der Waals surface area contributed by atoms with Crippen molar-refractivity contribution in [1.82, 2.24) is 9.80 Å². The number of carbonyl (C=O) groups excluding carboxylic acids is 2. The van der Waals surface area contributed by atoms with Gasteiger partial charge < -0.3 is 20.3 Å². The monoisotopic (exact) mass is 385 g/mol. The van der Waals surface area contributed by atoms with E-state index in [2.05, 4.69) is 0 Å². The first-order valence-corrected chi connectivity index (χ1v) is 9.07. The molecular formula is C17H21Cl2N3O3. The van der Waals surface area contributed by atoms with E-state index in [1.165, 1.54) is 0 Å². The highest BCUT2D eigenvalue weighted by Gasteiger charge is 2.40. The molecule has 8 heteroatoms. The highest BCUT2D eigenvalue weighted by Crippen LogP contribution is 2.24. The maximum Gasteiger partial charge on any atom is 0.255 e. The van der Waals surface area contributed by atoms with Gasteiger partial charge in [-0.05, 0) is 31.0 Å². The topological polar surface area (TPSA) is 75.9 Å². The lowest BCUT2D eigenvalue weighted by Gasteiger charge is -2.41. The molecule has 2 N–H and O–H groups in total. The van der Waals surface area contributed by atoms with Gasteiger partial charge in [-0.2, -0.15) is 0 Å². The molecule has 6 nitrogen and oxygen atoms in total. The number of rotatable bonds is 2. The summed E-state index contributed by atoms with van der Waals surface area (Å²) >= 11 is 12.0. The van der Waals surface area contributed by atoms with Crippen LogP contribution in [0.15, 0.2) is 18.2 Å². The Balaban J connectivity index is 1.61. The second-order valence-electron chi connectivity index (χ2n) is 6.48. The second-order valence-corrected chi connectivity index (χ2v) is 7.32. The fourth-order valence-electron chi connectivity index (χ4n) is 3.21. The average Bonchev–Trinajstić information content (AvgIpc) is 2.61. The molecule has 2 fully saturated rings. The van der Waals surface area contributed by atoms with E-state index in [1.807, 2.05) is 0 Å². The summed E-state index contributed by atoms with van der Waals surface area (Å²) in [4.78, 5) is 28.8. The standard InChI is InChI=1S/C17H21Cl2N3O3/c18-12-1-2-13(14(19)11-12)15(23)21-5-7-22(8-6-21)16(24)17(20)3-9-25-10-4-17/h1-2,11H,3-10,20H2. The zero-order chi connectivity index (χ0) is 18.0. The third-order valence-corrected chi connectivity index (χ3v) is 5.37. The number of amides is 2. The van der Waals surface area contributed by atoms with Crippen molar-refractivity contribution >= 4 is 35.0 Å². The third-order valence-electron chi connectivity index (χ3n) is 4.83. The van der Waals surface area contributed by atoms with Crippen LogP contribution in [0.5, 0.6) is 0 Å². The van der Waals surface area contributed by atoms with Gasteiger partial charge in [0.1, 0.15) is 0 Å². The van der Waals surface area contributed by atoms with Crippen molar-refractivity contribution in [3.8, 4) is 0 Å². The first-order chi connectivity index (χ1) is 11.9. The molecule has 0 radical (unpaired) electrons. The van der Waals surface area contributed by atoms with Crippen LogP contribution in [-0.2, 0) is 9.53 Å². The van der Waals surface area contributed by atoms with E-state index in [9.17, 15) is 9.59 Å². The molecular weight excluding hydrogens is 365 g/mol. The Hall–Kier alpha value is -1.34. The molecule has 1 aromatic carbocycles. The Morgan fingerprint density at radius 3 is 2.24 bits per heavy atom. The number of halogens is 2. The van der Waals surface area contributed by atoms with Crippen LogP contribution >= 0.6 is 23.2 Å². The summed E-state index contributed by atoms with van der Waals surface area (Å²) in [6.45, 7) is 2.86. The average molecular weight is 386 g/mol. The maximum atomic E-state index is 12.7. The van der Waals surface area contributed by atoms with E-state index in [1.54, 1.807) is 28.0 Å². The Bertz CT molecular complexity index is 669. The minimum Gasteiger partial charge on any atom is -0.381 e. The van der Waals surface area contributed by atoms with Crippen molar-refractivity contribution in [2.24, 2.45) is 5.73 Å². The Morgan fingerprint density at radius 1 is 1.04 bits per heavy atom. The van der Waals surface area contributed by atoms with Crippen LogP contribution < -0.4 is 5.73 Å². The van der Waals surface area contributed by atoms with E-state index >= 15 is 0 Å².